The monoisotopic (exact) mass is 1460 g/mol. The molecular weight excluding hydrogens is 1320 g/mol. The molecule has 4 aliphatic carbocycles. The SMILES string of the molecule is CC(C)(C)OC(=O)CBr.CC(C)(C)OC(=O)COC1CC2(C1)CN(C(=O)OC(C)(C)C)C2.CC(C)(C)OC(=O)N1CC2(CC(O)C2)C1.CC(C)[Si](OCCOC1CC2(C1)CN(C(=O)OC(C)(C)C)C2)(C(C)C)C(C)C.CC(C)[Si](OCCOC1CC2(CNC2)C1)(C(C)C)C(C)C. The first-order valence-electron chi connectivity index (χ1n) is 36.2. The summed E-state index contributed by atoms with van der Waals surface area (Å²) in [6, 6.07) is 0. The number of hydrogen-bond donors (Lipinski definition) is 2. The molecule has 8 rings (SSSR count). The lowest BCUT2D eigenvalue weighted by Crippen LogP contribution is -2.65. The molecule has 0 aromatic carbocycles. The molecule has 0 aromatic heterocycles. The minimum atomic E-state index is -1.80. The van der Waals surface area contributed by atoms with Crippen molar-refractivity contribution in [2.45, 2.75) is 324 Å². The Hall–Kier alpha value is -2.62. The van der Waals surface area contributed by atoms with Gasteiger partial charge in [0.15, 0.2) is 16.6 Å². The Morgan fingerprint density at radius 1 is 0.406 bits per heavy atom. The van der Waals surface area contributed by atoms with Gasteiger partial charge in [-0.3, -0.25) is 4.79 Å². The molecule has 0 unspecified atom stereocenters. The van der Waals surface area contributed by atoms with E-state index in [1.165, 1.54) is 25.9 Å². The molecule has 8 aliphatic rings. The highest BCUT2D eigenvalue weighted by Crippen LogP contribution is 2.53. The second-order valence-electron chi connectivity index (χ2n) is 36.5. The molecule has 20 nitrogen and oxygen atoms in total. The third-order valence-corrected chi connectivity index (χ3v) is 32.5. The number of alkyl halides is 1. The maximum atomic E-state index is 12.1. The Bertz CT molecular complexity index is 2400. The summed E-state index contributed by atoms with van der Waals surface area (Å²) in [6.45, 7) is 65.8. The van der Waals surface area contributed by atoms with Crippen molar-refractivity contribution in [3.05, 3.63) is 0 Å². The van der Waals surface area contributed by atoms with Crippen LogP contribution < -0.4 is 5.32 Å². The molecule has 4 saturated heterocycles. The fraction of sp³-hybridized carbons (Fsp3) is 0.932. The molecule has 4 spiro atoms. The number of likely N-dealkylation sites (tertiary alicyclic amines) is 3. The van der Waals surface area contributed by atoms with Gasteiger partial charge in [-0.05, 0) is 188 Å². The van der Waals surface area contributed by atoms with Crippen molar-refractivity contribution in [2.24, 2.45) is 21.7 Å². The first-order chi connectivity index (χ1) is 43.8. The largest absolute Gasteiger partial charge is 0.459 e. The zero-order valence-electron chi connectivity index (χ0n) is 65.1. The van der Waals surface area contributed by atoms with Gasteiger partial charge in [0, 0.05) is 74.0 Å². The van der Waals surface area contributed by atoms with E-state index >= 15 is 0 Å². The average Bonchev–Trinajstić information content (AvgIpc) is 0.760. The number of ether oxygens (including phenoxy) is 8. The first kappa shape index (κ1) is 85.8. The summed E-state index contributed by atoms with van der Waals surface area (Å²) < 4.78 is 56.9. The highest BCUT2D eigenvalue weighted by molar-refractivity contribution is 9.09. The molecule has 0 atom stereocenters. The first-order valence-corrected chi connectivity index (χ1v) is 41.6. The van der Waals surface area contributed by atoms with Crippen LogP contribution in [-0.2, 0) is 56.3 Å². The van der Waals surface area contributed by atoms with Crippen molar-refractivity contribution >= 4 is 62.8 Å². The number of rotatable bonds is 20. The number of aliphatic hydroxyl groups excluding tert-OH is 1. The smallest absolute Gasteiger partial charge is 0.410 e. The van der Waals surface area contributed by atoms with Gasteiger partial charge in [-0.1, -0.05) is 99.0 Å². The fourth-order valence-corrected chi connectivity index (χ4v) is 27.0. The second kappa shape index (κ2) is 34.1. The molecule has 0 bridgehead atoms. The number of hydrogen-bond acceptors (Lipinski definition) is 17. The highest BCUT2D eigenvalue weighted by atomic mass is 79.9. The Balaban J connectivity index is 0.000000265. The van der Waals surface area contributed by atoms with Gasteiger partial charge in [-0.25, -0.2) is 19.2 Å². The van der Waals surface area contributed by atoms with Gasteiger partial charge in [-0.15, -0.1) is 0 Å². The van der Waals surface area contributed by atoms with Crippen molar-refractivity contribution < 1.29 is 75.8 Å². The molecule has 4 heterocycles. The minimum absolute atomic E-state index is 0.00615. The third kappa shape index (κ3) is 25.4. The van der Waals surface area contributed by atoms with Crippen molar-refractivity contribution in [2.75, 3.05) is 90.7 Å². The predicted octanol–water partition coefficient (Wildman–Crippen LogP) is 15.4. The Labute approximate surface area is 591 Å². The van der Waals surface area contributed by atoms with Crippen molar-refractivity contribution in [1.82, 2.24) is 20.0 Å². The van der Waals surface area contributed by atoms with Gasteiger partial charge in [0.05, 0.1) is 50.8 Å². The lowest BCUT2D eigenvalue weighted by atomic mass is 9.62. The third-order valence-electron chi connectivity index (χ3n) is 19.8. The number of nitrogens with zero attached hydrogens (tertiary/aromatic N) is 3. The summed E-state index contributed by atoms with van der Waals surface area (Å²) in [5.41, 5.74) is 2.91. The van der Waals surface area contributed by atoms with Gasteiger partial charge in [-0.2, -0.15) is 0 Å². The predicted molar refractivity (Wildman–Crippen MR) is 388 cm³/mol. The van der Waals surface area contributed by atoms with Crippen LogP contribution in [-0.4, -0.2) is 210 Å². The van der Waals surface area contributed by atoms with E-state index in [9.17, 15) is 29.1 Å². The number of amides is 3. The van der Waals surface area contributed by atoms with Crippen LogP contribution in [0.1, 0.15) is 238 Å². The Kier molecular flexibility index (Phi) is 30.5. The van der Waals surface area contributed by atoms with Crippen molar-refractivity contribution in [3.8, 4) is 0 Å². The highest BCUT2D eigenvalue weighted by Gasteiger charge is 2.58. The van der Waals surface area contributed by atoms with E-state index in [2.05, 4.69) is 104 Å². The van der Waals surface area contributed by atoms with Crippen molar-refractivity contribution in [3.63, 3.8) is 0 Å². The molecule has 4 saturated carbocycles. The van der Waals surface area contributed by atoms with E-state index in [0.717, 1.165) is 77.9 Å². The molecule has 560 valence electrons. The number of halogens is 1. The van der Waals surface area contributed by atoms with Crippen LogP contribution in [0.4, 0.5) is 14.4 Å². The molecular formula is C73H137BrN4O16Si2. The number of nitrogens with one attached hydrogen (secondary N) is 1. The minimum Gasteiger partial charge on any atom is -0.459 e. The molecule has 0 radical (unpaired) electrons. The lowest BCUT2D eigenvalue weighted by molar-refractivity contribution is -0.176. The molecule has 4 aliphatic heterocycles. The van der Waals surface area contributed by atoms with Crippen LogP contribution in [0.5, 0.6) is 0 Å². The number of esters is 2. The summed E-state index contributed by atoms with van der Waals surface area (Å²) >= 11 is 2.99. The van der Waals surface area contributed by atoms with Gasteiger partial charge >= 0.3 is 30.2 Å². The van der Waals surface area contributed by atoms with Crippen LogP contribution in [0.2, 0.25) is 33.2 Å². The molecule has 2 N–H and O–H groups in total. The number of carbonyl (C=O) groups is 5. The van der Waals surface area contributed by atoms with E-state index in [0.29, 0.717) is 77.2 Å². The molecule has 23 heteroatoms. The standard InChI is InChI=1S/C22H43NO4Si.C17H29NO5.C17H35NO2Si.C11H19NO3.C6H11BrO2/c1-16(2)28(17(3)4,18(5)6)26-11-10-25-19-12-22(13-19)14-23(15-22)20(24)27-21(7,8)9;1-15(2,3)22-13(19)9-21-12-7-17(8-12)10-18(11-17)14(20)23-16(4,5)6;1-13(2)21(14(3)4,15(5)6)20-8-7-19-16-9-17(10-16)11-18-12-17;1-10(2,3)15-9(14)12-6-11(7-12)4-8(13)5-11;1-6(2,3)9-5(8)4-7/h16-19H,10-15H2,1-9H3;12H,7-11H2,1-6H3;13-16,18H,7-12H2,1-6H3;8,13H,4-7H2,1-3H3;4H2,1-3H3. The number of aliphatic hydroxyl groups is 1. The van der Waals surface area contributed by atoms with E-state index in [1.807, 2.05) is 109 Å². The quantitative estimate of drug-likeness (QED) is 0.0380. The number of carbonyl (C=O) groups excluding carboxylic acids is 5. The van der Waals surface area contributed by atoms with Gasteiger partial charge in [0.1, 0.15) is 39.9 Å². The van der Waals surface area contributed by atoms with E-state index in [4.69, 9.17) is 46.7 Å². The van der Waals surface area contributed by atoms with E-state index in [1.54, 1.807) is 9.80 Å². The summed E-state index contributed by atoms with van der Waals surface area (Å²) in [4.78, 5) is 63.0. The van der Waals surface area contributed by atoms with Gasteiger partial charge in [0.2, 0.25) is 0 Å². The van der Waals surface area contributed by atoms with Crippen LogP contribution >= 0.6 is 15.9 Å². The summed E-state index contributed by atoms with van der Waals surface area (Å²) in [5.74, 6) is -0.551. The average molecular weight is 1460 g/mol. The molecule has 96 heavy (non-hydrogen) atoms. The second-order valence-corrected chi connectivity index (χ2v) is 47.9. The Morgan fingerprint density at radius 2 is 0.667 bits per heavy atom. The molecule has 0 aromatic rings. The fourth-order valence-electron chi connectivity index (χ4n) is 16.0. The zero-order chi connectivity index (χ0) is 73.2. The van der Waals surface area contributed by atoms with Crippen LogP contribution in [0.15, 0.2) is 0 Å². The van der Waals surface area contributed by atoms with E-state index in [-0.39, 0.29) is 76.2 Å². The topological polar surface area (TPSA) is 220 Å². The van der Waals surface area contributed by atoms with E-state index < -0.39 is 39.0 Å². The summed E-state index contributed by atoms with van der Waals surface area (Å²) in [5, 5.41) is 12.9. The van der Waals surface area contributed by atoms with Crippen molar-refractivity contribution in [1.29, 1.82) is 0 Å². The lowest BCUT2D eigenvalue weighted by Gasteiger charge is -2.58. The van der Waals surface area contributed by atoms with Gasteiger partial charge in [0.25, 0.3) is 0 Å². The van der Waals surface area contributed by atoms with Crippen LogP contribution in [0, 0.1) is 21.7 Å². The van der Waals surface area contributed by atoms with Crippen LogP contribution in [0.3, 0.4) is 0 Å². The summed E-state index contributed by atoms with van der Waals surface area (Å²) in [7, 11) is -3.50. The Morgan fingerprint density at radius 3 is 0.896 bits per heavy atom. The van der Waals surface area contributed by atoms with Gasteiger partial charge < -0.3 is 71.9 Å². The normalized spacial score (nSPS) is 21.7. The zero-order valence-corrected chi connectivity index (χ0v) is 68.7. The summed E-state index contributed by atoms with van der Waals surface area (Å²) in [6.07, 6.45) is 8.13. The molecule has 8 fully saturated rings. The maximum absolute atomic E-state index is 12.1. The molecule has 3 amide bonds. The maximum Gasteiger partial charge on any atom is 0.410 e. The van der Waals surface area contributed by atoms with Crippen LogP contribution in [0.25, 0.3) is 0 Å².